The summed E-state index contributed by atoms with van der Waals surface area (Å²) < 4.78 is 4.53. The maximum Gasteiger partial charge on any atom is 0.292 e. The van der Waals surface area contributed by atoms with Crippen LogP contribution in [0.3, 0.4) is 0 Å². The predicted octanol–water partition coefficient (Wildman–Crippen LogP) is 1.76. The molecule has 0 saturated carbocycles. The molecule has 5 heteroatoms. The van der Waals surface area contributed by atoms with E-state index in [9.17, 15) is 10.1 Å². The summed E-state index contributed by atoms with van der Waals surface area (Å²) in [5, 5.41) is 18.6. The fourth-order valence-electron chi connectivity index (χ4n) is 0.861. The highest BCUT2D eigenvalue weighted by atomic mass is 16.6. The molecule has 0 aliphatic rings. The van der Waals surface area contributed by atoms with Gasteiger partial charge in [0, 0.05) is 6.07 Å². The molecule has 0 saturated heterocycles. The summed E-state index contributed by atoms with van der Waals surface area (Å²) in [6.07, 6.45) is 1.47. The fraction of sp³-hybridized carbons (Fsp3) is 0.125. The molecule has 0 amide bonds. The number of nitriles is 1. The summed E-state index contributed by atoms with van der Waals surface area (Å²) in [6, 6.07) is 4.11. The topological polar surface area (TPSA) is 76.2 Å². The second-order valence-electron chi connectivity index (χ2n) is 2.40. The van der Waals surface area contributed by atoms with Crippen LogP contribution in [0, 0.1) is 28.6 Å². The third kappa shape index (κ3) is 1.93. The third-order valence-electron chi connectivity index (χ3n) is 1.54. The smallest absolute Gasteiger partial charge is 0.292 e. The van der Waals surface area contributed by atoms with Gasteiger partial charge in [0.05, 0.1) is 11.0 Å². The largest absolute Gasteiger partial charge is 0.387 e. The quantitative estimate of drug-likeness (QED) is 0.392. The molecule has 0 fully saturated rings. The predicted molar refractivity (Wildman–Crippen MR) is 44.1 cm³/mol. The molecule has 0 spiro atoms. The third-order valence-corrected chi connectivity index (χ3v) is 1.54. The molecule has 1 aromatic rings. The van der Waals surface area contributed by atoms with Gasteiger partial charge >= 0.3 is 0 Å². The van der Waals surface area contributed by atoms with Crippen molar-refractivity contribution in [1.29, 1.82) is 5.26 Å². The van der Waals surface area contributed by atoms with Gasteiger partial charge in [0.2, 0.25) is 0 Å². The van der Waals surface area contributed by atoms with Gasteiger partial charge in [-0.1, -0.05) is 0 Å². The van der Waals surface area contributed by atoms with Crippen LogP contribution in [0.1, 0.15) is 5.56 Å². The Balaban J connectivity index is 3.12. The number of nitro groups is 1. The molecule has 0 N–H and O–H groups in total. The first-order valence-electron chi connectivity index (χ1n) is 3.46. The molecule has 0 aliphatic heterocycles. The molecule has 1 rings (SSSR count). The maximum absolute atomic E-state index is 10.3. The Morgan fingerprint density at radius 2 is 2.31 bits per heavy atom. The minimum absolute atomic E-state index is 0.0872. The van der Waals surface area contributed by atoms with Gasteiger partial charge < -0.3 is 4.74 Å². The van der Waals surface area contributed by atoms with Crippen LogP contribution >= 0.6 is 0 Å². The molecular weight excluding hydrogens is 172 g/mol. The van der Waals surface area contributed by atoms with E-state index in [4.69, 9.17) is 5.26 Å². The maximum atomic E-state index is 10.3. The van der Waals surface area contributed by atoms with E-state index in [2.05, 4.69) is 4.74 Å². The molecule has 13 heavy (non-hydrogen) atoms. The molecule has 0 atom stereocenters. The zero-order valence-electron chi connectivity index (χ0n) is 6.85. The van der Waals surface area contributed by atoms with Gasteiger partial charge in [-0.3, -0.25) is 10.1 Å². The average molecular weight is 178 g/mol. The van der Waals surface area contributed by atoms with Gasteiger partial charge in [-0.15, -0.1) is 5.26 Å². The highest BCUT2D eigenvalue weighted by molar-refractivity contribution is 5.44. The zero-order valence-corrected chi connectivity index (χ0v) is 6.85. The van der Waals surface area contributed by atoms with Crippen molar-refractivity contribution in [3.8, 4) is 12.0 Å². The van der Waals surface area contributed by atoms with Crippen LogP contribution in [-0.4, -0.2) is 4.92 Å². The molecule has 0 bridgehead atoms. The normalized spacial score (nSPS) is 8.92. The van der Waals surface area contributed by atoms with E-state index in [1.54, 1.807) is 6.92 Å². The Labute approximate surface area is 74.3 Å². The lowest BCUT2D eigenvalue weighted by molar-refractivity contribution is -0.384. The number of ether oxygens (including phenoxy) is 1. The first-order valence-corrected chi connectivity index (χ1v) is 3.46. The van der Waals surface area contributed by atoms with Gasteiger partial charge in [-0.25, -0.2) is 0 Å². The van der Waals surface area contributed by atoms with E-state index in [1.165, 1.54) is 24.5 Å². The molecule has 0 radical (unpaired) electrons. The van der Waals surface area contributed by atoms with E-state index in [0.717, 1.165) is 0 Å². The van der Waals surface area contributed by atoms with E-state index in [0.29, 0.717) is 5.56 Å². The number of hydrogen-bond acceptors (Lipinski definition) is 4. The number of hydrogen-bond donors (Lipinski definition) is 0. The first kappa shape index (κ1) is 9.00. The summed E-state index contributed by atoms with van der Waals surface area (Å²) in [6.45, 7) is 1.70. The molecule has 5 nitrogen and oxygen atoms in total. The Morgan fingerprint density at radius 1 is 1.62 bits per heavy atom. The molecule has 66 valence electrons. The van der Waals surface area contributed by atoms with Crippen LogP contribution in [0.4, 0.5) is 5.69 Å². The SMILES string of the molecule is Cc1ccc([N+](=O)[O-])cc1OC#N. The van der Waals surface area contributed by atoms with Crippen molar-refractivity contribution in [3.05, 3.63) is 33.9 Å². The Kier molecular flexibility index (Phi) is 2.45. The van der Waals surface area contributed by atoms with Crippen LogP contribution < -0.4 is 4.74 Å². The molecule has 0 unspecified atom stereocenters. The van der Waals surface area contributed by atoms with Crippen molar-refractivity contribution in [2.75, 3.05) is 0 Å². The number of rotatable bonds is 2. The minimum Gasteiger partial charge on any atom is -0.387 e. The van der Waals surface area contributed by atoms with E-state index in [1.807, 2.05) is 0 Å². The summed E-state index contributed by atoms with van der Waals surface area (Å²) in [5.41, 5.74) is 0.600. The van der Waals surface area contributed by atoms with Gasteiger partial charge in [-0.05, 0) is 18.6 Å². The summed E-state index contributed by atoms with van der Waals surface area (Å²) in [4.78, 5) is 9.80. The van der Waals surface area contributed by atoms with Crippen molar-refractivity contribution < 1.29 is 9.66 Å². The molecule has 0 aliphatic carbocycles. The van der Waals surface area contributed by atoms with Crippen LogP contribution in [-0.2, 0) is 0 Å². The highest BCUT2D eigenvalue weighted by Crippen LogP contribution is 2.23. The number of aryl methyl sites for hydroxylation is 1. The van der Waals surface area contributed by atoms with Crippen molar-refractivity contribution in [1.82, 2.24) is 0 Å². The van der Waals surface area contributed by atoms with Crippen LogP contribution in [0.2, 0.25) is 0 Å². The van der Waals surface area contributed by atoms with Gasteiger partial charge in [0.1, 0.15) is 0 Å². The number of nitrogens with zero attached hydrogens (tertiary/aromatic N) is 2. The van der Waals surface area contributed by atoms with E-state index >= 15 is 0 Å². The summed E-state index contributed by atoms with van der Waals surface area (Å²) in [7, 11) is 0. The van der Waals surface area contributed by atoms with E-state index < -0.39 is 4.92 Å². The second-order valence-corrected chi connectivity index (χ2v) is 2.40. The Hall–Kier alpha value is -2.09. The van der Waals surface area contributed by atoms with Crippen LogP contribution in [0.15, 0.2) is 18.2 Å². The van der Waals surface area contributed by atoms with Crippen LogP contribution in [0.5, 0.6) is 5.75 Å². The Bertz CT molecular complexity index is 381. The standard InChI is InChI=1S/C8H6N2O3/c1-6-2-3-7(10(11)12)4-8(6)13-5-9/h2-4H,1H3. The number of non-ortho nitro benzene ring substituents is 1. The van der Waals surface area contributed by atoms with E-state index in [-0.39, 0.29) is 11.4 Å². The molecule has 0 aromatic heterocycles. The molecular formula is C8H6N2O3. The fourth-order valence-corrected chi connectivity index (χ4v) is 0.861. The van der Waals surface area contributed by atoms with Gasteiger partial charge in [-0.2, -0.15) is 0 Å². The number of nitro benzene ring substituents is 1. The van der Waals surface area contributed by atoms with Gasteiger partial charge in [0.15, 0.2) is 5.75 Å². The van der Waals surface area contributed by atoms with Crippen LogP contribution in [0.25, 0.3) is 0 Å². The van der Waals surface area contributed by atoms with Crippen molar-refractivity contribution in [2.45, 2.75) is 6.92 Å². The monoisotopic (exact) mass is 178 g/mol. The zero-order chi connectivity index (χ0) is 9.84. The first-order chi connectivity index (χ1) is 6.15. The second kappa shape index (κ2) is 3.54. The Morgan fingerprint density at radius 3 is 2.85 bits per heavy atom. The minimum atomic E-state index is -0.538. The summed E-state index contributed by atoms with van der Waals surface area (Å²) in [5.74, 6) is 0.219. The lowest BCUT2D eigenvalue weighted by Gasteiger charge is -1.99. The van der Waals surface area contributed by atoms with Gasteiger partial charge in [0.25, 0.3) is 11.9 Å². The average Bonchev–Trinajstić information content (AvgIpc) is 2.08. The van der Waals surface area contributed by atoms with Crippen molar-refractivity contribution in [2.24, 2.45) is 0 Å². The summed E-state index contributed by atoms with van der Waals surface area (Å²) >= 11 is 0. The van der Waals surface area contributed by atoms with Crippen molar-refractivity contribution >= 4 is 5.69 Å². The highest BCUT2D eigenvalue weighted by Gasteiger charge is 2.09. The lowest BCUT2D eigenvalue weighted by Crippen LogP contribution is -1.91. The lowest BCUT2D eigenvalue weighted by atomic mass is 10.2. The van der Waals surface area contributed by atoms with Crippen molar-refractivity contribution in [3.63, 3.8) is 0 Å². The molecule has 0 heterocycles. The number of benzene rings is 1. The molecule has 1 aromatic carbocycles.